The molecular formula is C12H22O3. The van der Waals surface area contributed by atoms with E-state index in [2.05, 4.69) is 0 Å². The van der Waals surface area contributed by atoms with Gasteiger partial charge in [-0.3, -0.25) is 0 Å². The van der Waals surface area contributed by atoms with Gasteiger partial charge in [-0.2, -0.15) is 0 Å². The fourth-order valence-corrected chi connectivity index (χ4v) is 1.17. The molecule has 0 radical (unpaired) electrons. The zero-order chi connectivity index (χ0) is 11.9. The molecule has 0 aromatic carbocycles. The van der Waals surface area contributed by atoms with Crippen LogP contribution in [0, 0.1) is 5.41 Å². The van der Waals surface area contributed by atoms with E-state index in [0.717, 1.165) is 12.8 Å². The Bertz CT molecular complexity index is 219. The van der Waals surface area contributed by atoms with Crippen molar-refractivity contribution in [3.05, 3.63) is 11.6 Å². The summed E-state index contributed by atoms with van der Waals surface area (Å²) in [6.45, 7) is 7.87. The number of aliphatic hydroxyl groups is 1. The molecule has 0 bridgehead atoms. The van der Waals surface area contributed by atoms with E-state index in [1.165, 1.54) is 0 Å². The lowest BCUT2D eigenvalue weighted by Gasteiger charge is -2.28. The summed E-state index contributed by atoms with van der Waals surface area (Å²) in [6.07, 6.45) is 3.34. The molecule has 0 rings (SSSR count). The Morgan fingerprint density at radius 3 is 2.27 bits per heavy atom. The summed E-state index contributed by atoms with van der Waals surface area (Å²) in [6, 6.07) is 0. The highest BCUT2D eigenvalue weighted by Gasteiger charge is 2.27. The van der Waals surface area contributed by atoms with Crippen LogP contribution in [0.4, 0.5) is 0 Å². The summed E-state index contributed by atoms with van der Waals surface area (Å²) < 4.78 is 5.17. The molecule has 15 heavy (non-hydrogen) atoms. The lowest BCUT2D eigenvalue weighted by Crippen LogP contribution is -2.31. The van der Waals surface area contributed by atoms with Crippen LogP contribution in [0.25, 0.3) is 0 Å². The summed E-state index contributed by atoms with van der Waals surface area (Å²) in [5.74, 6) is -0.294. The van der Waals surface area contributed by atoms with Crippen LogP contribution in [-0.2, 0) is 9.53 Å². The van der Waals surface area contributed by atoms with Gasteiger partial charge >= 0.3 is 5.97 Å². The van der Waals surface area contributed by atoms with Crippen LogP contribution in [0.2, 0.25) is 0 Å². The van der Waals surface area contributed by atoms with Gasteiger partial charge in [0.15, 0.2) is 0 Å². The number of aliphatic hydroxyl groups excluding tert-OH is 1. The normalized spacial score (nSPS) is 12.7. The number of rotatable bonds is 6. The highest BCUT2D eigenvalue weighted by molar-refractivity contribution is 5.87. The van der Waals surface area contributed by atoms with Crippen molar-refractivity contribution in [3.63, 3.8) is 0 Å². The van der Waals surface area contributed by atoms with Gasteiger partial charge in [0, 0.05) is 11.0 Å². The van der Waals surface area contributed by atoms with E-state index in [0.29, 0.717) is 12.2 Å². The highest BCUT2D eigenvalue weighted by atomic mass is 16.5. The van der Waals surface area contributed by atoms with Crippen molar-refractivity contribution in [3.8, 4) is 0 Å². The van der Waals surface area contributed by atoms with Gasteiger partial charge in [-0.15, -0.1) is 0 Å². The third-order valence-corrected chi connectivity index (χ3v) is 3.10. The first kappa shape index (κ1) is 14.2. The molecule has 0 saturated heterocycles. The van der Waals surface area contributed by atoms with Crippen molar-refractivity contribution in [2.45, 2.75) is 40.5 Å². The van der Waals surface area contributed by atoms with E-state index in [9.17, 15) is 9.90 Å². The van der Waals surface area contributed by atoms with Crippen LogP contribution in [0.15, 0.2) is 11.6 Å². The van der Waals surface area contributed by atoms with Gasteiger partial charge in [0.2, 0.25) is 0 Å². The fraction of sp³-hybridized carbons (Fsp3) is 0.750. The van der Waals surface area contributed by atoms with Gasteiger partial charge in [0.1, 0.15) is 0 Å². The van der Waals surface area contributed by atoms with Crippen LogP contribution in [0.5, 0.6) is 0 Å². The lowest BCUT2D eigenvalue weighted by atomic mass is 9.84. The topological polar surface area (TPSA) is 46.5 Å². The van der Waals surface area contributed by atoms with Crippen LogP contribution < -0.4 is 0 Å². The molecule has 0 saturated carbocycles. The van der Waals surface area contributed by atoms with Gasteiger partial charge in [-0.05, 0) is 26.7 Å². The van der Waals surface area contributed by atoms with Crippen molar-refractivity contribution in [2.24, 2.45) is 5.41 Å². The smallest absolute Gasteiger partial charge is 0.333 e. The second kappa shape index (κ2) is 6.62. The first-order chi connectivity index (χ1) is 7.05. The number of carbonyl (C=O) groups excluding carboxylic acids is 1. The van der Waals surface area contributed by atoms with Gasteiger partial charge in [0.25, 0.3) is 0 Å². The molecule has 0 aliphatic rings. The number of allylic oxidation sites excluding steroid dienone is 1. The van der Waals surface area contributed by atoms with Gasteiger partial charge in [0.05, 0.1) is 13.2 Å². The van der Waals surface area contributed by atoms with E-state index < -0.39 is 0 Å². The fourth-order valence-electron chi connectivity index (χ4n) is 1.17. The Balaban J connectivity index is 4.29. The molecule has 88 valence electrons. The third kappa shape index (κ3) is 4.04. The van der Waals surface area contributed by atoms with Crippen molar-refractivity contribution in [2.75, 3.05) is 13.2 Å². The molecule has 0 heterocycles. The lowest BCUT2D eigenvalue weighted by molar-refractivity contribution is -0.143. The van der Waals surface area contributed by atoms with E-state index >= 15 is 0 Å². The predicted molar refractivity (Wildman–Crippen MR) is 60.5 cm³/mol. The van der Waals surface area contributed by atoms with Crippen LogP contribution in [0.1, 0.15) is 40.5 Å². The Morgan fingerprint density at radius 2 is 1.93 bits per heavy atom. The number of carbonyl (C=O) groups is 1. The molecule has 0 aromatic rings. The molecule has 0 amide bonds. The summed E-state index contributed by atoms with van der Waals surface area (Å²) >= 11 is 0. The number of ether oxygens (including phenoxy) is 1. The van der Waals surface area contributed by atoms with Crippen molar-refractivity contribution < 1.29 is 14.6 Å². The largest absolute Gasteiger partial charge is 0.462 e. The Labute approximate surface area is 92.1 Å². The molecule has 0 aliphatic carbocycles. The Kier molecular flexibility index (Phi) is 6.25. The highest BCUT2D eigenvalue weighted by Crippen LogP contribution is 2.26. The standard InChI is InChI=1S/C12H22O3/c1-5-10(4)11(14)15-9-12(6-2,7-3)8-13/h5,13H,6-9H2,1-4H3. The minimum Gasteiger partial charge on any atom is -0.462 e. The van der Waals surface area contributed by atoms with Gasteiger partial charge in [-0.1, -0.05) is 19.9 Å². The zero-order valence-electron chi connectivity index (χ0n) is 10.2. The van der Waals surface area contributed by atoms with Crippen LogP contribution in [-0.4, -0.2) is 24.3 Å². The molecule has 1 N–H and O–H groups in total. The zero-order valence-corrected chi connectivity index (χ0v) is 10.2. The summed E-state index contributed by atoms with van der Waals surface area (Å²) in [5, 5.41) is 9.28. The van der Waals surface area contributed by atoms with E-state index in [1.54, 1.807) is 19.9 Å². The molecule has 3 nitrogen and oxygen atoms in total. The Morgan fingerprint density at radius 1 is 1.40 bits per heavy atom. The molecule has 0 atom stereocenters. The molecule has 0 spiro atoms. The first-order valence-electron chi connectivity index (χ1n) is 5.46. The average molecular weight is 214 g/mol. The molecule has 0 fully saturated rings. The number of esters is 1. The summed E-state index contributed by atoms with van der Waals surface area (Å²) in [5.41, 5.74) is 0.331. The SMILES string of the molecule is CC=C(C)C(=O)OCC(CC)(CC)CO. The average Bonchev–Trinajstić information content (AvgIpc) is 2.30. The molecule has 0 unspecified atom stereocenters. The van der Waals surface area contributed by atoms with Crippen molar-refractivity contribution in [1.82, 2.24) is 0 Å². The first-order valence-corrected chi connectivity index (χ1v) is 5.46. The minimum absolute atomic E-state index is 0.0577. The summed E-state index contributed by atoms with van der Waals surface area (Å²) in [4.78, 5) is 11.4. The maximum atomic E-state index is 11.4. The Hall–Kier alpha value is -0.830. The second-order valence-electron chi connectivity index (χ2n) is 3.91. The predicted octanol–water partition coefficient (Wildman–Crippen LogP) is 2.29. The molecule has 0 aromatic heterocycles. The summed E-state index contributed by atoms with van der Waals surface area (Å²) in [7, 11) is 0. The maximum Gasteiger partial charge on any atom is 0.333 e. The van der Waals surface area contributed by atoms with E-state index in [-0.39, 0.29) is 18.0 Å². The van der Waals surface area contributed by atoms with Crippen LogP contribution in [0.3, 0.4) is 0 Å². The third-order valence-electron chi connectivity index (χ3n) is 3.10. The monoisotopic (exact) mass is 214 g/mol. The quantitative estimate of drug-likeness (QED) is 0.545. The minimum atomic E-state index is -0.294. The van der Waals surface area contributed by atoms with Crippen molar-refractivity contribution in [1.29, 1.82) is 0 Å². The number of hydrogen-bond donors (Lipinski definition) is 1. The van der Waals surface area contributed by atoms with Crippen molar-refractivity contribution >= 4 is 5.97 Å². The number of hydrogen-bond acceptors (Lipinski definition) is 3. The van der Waals surface area contributed by atoms with Gasteiger partial charge in [-0.25, -0.2) is 4.79 Å². The molecule has 3 heteroatoms. The van der Waals surface area contributed by atoms with E-state index in [1.807, 2.05) is 13.8 Å². The van der Waals surface area contributed by atoms with E-state index in [4.69, 9.17) is 4.74 Å². The second-order valence-corrected chi connectivity index (χ2v) is 3.91. The van der Waals surface area contributed by atoms with Crippen LogP contribution >= 0.6 is 0 Å². The van der Waals surface area contributed by atoms with Gasteiger partial charge < -0.3 is 9.84 Å². The molecule has 0 aliphatic heterocycles. The molecular weight excluding hydrogens is 192 g/mol. The maximum absolute atomic E-state index is 11.4.